The van der Waals surface area contributed by atoms with Gasteiger partial charge in [-0.25, -0.2) is 0 Å². The van der Waals surface area contributed by atoms with Crippen molar-refractivity contribution in [1.29, 1.82) is 0 Å². The Labute approximate surface area is 158 Å². The number of carbonyl (C=O) groups excluding carboxylic acids is 2. The molecule has 1 atom stereocenters. The Hall–Kier alpha value is -1.66. The van der Waals surface area contributed by atoms with Gasteiger partial charge in [-0.3, -0.25) is 9.59 Å². The molecule has 2 amide bonds. The average Bonchev–Trinajstić information content (AvgIpc) is 3.28. The van der Waals surface area contributed by atoms with Crippen LogP contribution in [0.3, 0.4) is 0 Å². The van der Waals surface area contributed by atoms with Gasteiger partial charge in [-0.05, 0) is 29.3 Å². The lowest BCUT2D eigenvalue weighted by Crippen LogP contribution is -2.48. The van der Waals surface area contributed by atoms with Crippen molar-refractivity contribution >= 4 is 34.5 Å². The number of nitrogens with zero attached hydrogens (tertiary/aromatic N) is 2. The molecule has 2 aromatic rings. The number of unbranched alkanes of at least 4 members (excludes halogenated alkanes) is 1. The number of likely N-dealkylation sites (N-methyl/N-ethyl adjacent to an activating group) is 1. The molecule has 0 N–H and O–H groups in total. The number of thiophene rings is 2. The van der Waals surface area contributed by atoms with E-state index in [9.17, 15) is 9.59 Å². The first-order valence-electron chi connectivity index (χ1n) is 8.39. The summed E-state index contributed by atoms with van der Waals surface area (Å²) >= 11 is 3.29. The smallest absolute Gasteiger partial charge is 0.246 e. The molecule has 0 aliphatic rings. The zero-order chi connectivity index (χ0) is 18.2. The van der Waals surface area contributed by atoms with Gasteiger partial charge in [0, 0.05) is 23.7 Å². The Morgan fingerprint density at radius 2 is 1.68 bits per heavy atom. The third-order valence-corrected chi connectivity index (χ3v) is 5.86. The molecule has 2 aromatic heterocycles. The summed E-state index contributed by atoms with van der Waals surface area (Å²) < 4.78 is 0. The molecular formula is C19H25N2O2S2. The molecule has 25 heavy (non-hydrogen) atoms. The fourth-order valence-electron chi connectivity index (χ4n) is 2.64. The van der Waals surface area contributed by atoms with Gasteiger partial charge in [0.15, 0.2) is 0 Å². The molecule has 1 radical (unpaired) electrons. The SMILES string of the molecule is [CH2]CCC[C@@H](C(=O)N(Cc1cccs1)Cc1cccs1)N(C)C(C)=O. The topological polar surface area (TPSA) is 40.6 Å². The van der Waals surface area contributed by atoms with Crippen LogP contribution >= 0.6 is 22.7 Å². The molecule has 135 valence electrons. The zero-order valence-corrected chi connectivity index (χ0v) is 16.4. The molecule has 2 heterocycles. The van der Waals surface area contributed by atoms with Crippen LogP contribution in [0, 0.1) is 6.92 Å². The molecule has 0 saturated carbocycles. The summed E-state index contributed by atoms with van der Waals surface area (Å²) in [4.78, 5) is 30.8. The molecule has 0 fully saturated rings. The van der Waals surface area contributed by atoms with Crippen molar-refractivity contribution in [3.05, 3.63) is 51.7 Å². The second kappa shape index (κ2) is 9.73. The van der Waals surface area contributed by atoms with Gasteiger partial charge in [-0.15, -0.1) is 22.7 Å². The third kappa shape index (κ3) is 5.68. The number of hydrogen-bond acceptors (Lipinski definition) is 4. The lowest BCUT2D eigenvalue weighted by Gasteiger charge is -2.32. The highest BCUT2D eigenvalue weighted by Crippen LogP contribution is 2.20. The van der Waals surface area contributed by atoms with E-state index in [1.165, 1.54) is 6.92 Å². The Morgan fingerprint density at radius 1 is 1.12 bits per heavy atom. The highest BCUT2D eigenvalue weighted by atomic mass is 32.1. The van der Waals surface area contributed by atoms with Crippen LogP contribution in [0.15, 0.2) is 35.0 Å². The van der Waals surface area contributed by atoms with Crippen LogP contribution in [0.4, 0.5) is 0 Å². The maximum absolute atomic E-state index is 13.3. The third-order valence-electron chi connectivity index (χ3n) is 4.14. The maximum atomic E-state index is 13.3. The van der Waals surface area contributed by atoms with Gasteiger partial charge >= 0.3 is 0 Å². The highest BCUT2D eigenvalue weighted by Gasteiger charge is 2.29. The lowest BCUT2D eigenvalue weighted by atomic mass is 10.1. The molecule has 2 rings (SSSR count). The second-order valence-corrected chi connectivity index (χ2v) is 8.06. The minimum absolute atomic E-state index is 0.00736. The van der Waals surface area contributed by atoms with Gasteiger partial charge in [-0.2, -0.15) is 0 Å². The average molecular weight is 378 g/mol. The summed E-state index contributed by atoms with van der Waals surface area (Å²) in [7, 11) is 1.71. The van der Waals surface area contributed by atoms with Crippen molar-refractivity contribution in [1.82, 2.24) is 9.80 Å². The largest absolute Gasteiger partial charge is 0.334 e. The van der Waals surface area contributed by atoms with Crippen LogP contribution in [-0.2, 0) is 22.7 Å². The number of amides is 2. The molecule has 0 aromatic carbocycles. The fraction of sp³-hybridized carbons (Fsp3) is 0.421. The van der Waals surface area contributed by atoms with E-state index in [0.717, 1.165) is 22.6 Å². The van der Waals surface area contributed by atoms with Crippen molar-refractivity contribution in [3.8, 4) is 0 Å². The fourth-order valence-corrected chi connectivity index (χ4v) is 4.08. The maximum Gasteiger partial charge on any atom is 0.246 e. The first-order chi connectivity index (χ1) is 12.0. The van der Waals surface area contributed by atoms with Gasteiger partial charge in [-0.1, -0.05) is 31.9 Å². The minimum Gasteiger partial charge on any atom is -0.334 e. The molecule has 0 bridgehead atoms. The van der Waals surface area contributed by atoms with Crippen LogP contribution in [0.2, 0.25) is 0 Å². The minimum atomic E-state index is -0.431. The van der Waals surface area contributed by atoms with Gasteiger partial charge in [0.25, 0.3) is 0 Å². The van der Waals surface area contributed by atoms with Crippen LogP contribution in [-0.4, -0.2) is 34.7 Å². The Balaban J connectivity index is 2.21. The number of carbonyl (C=O) groups is 2. The van der Waals surface area contributed by atoms with E-state index >= 15 is 0 Å². The lowest BCUT2D eigenvalue weighted by molar-refractivity contribution is -0.144. The van der Waals surface area contributed by atoms with Crippen molar-refractivity contribution in [3.63, 3.8) is 0 Å². The first-order valence-corrected chi connectivity index (χ1v) is 10.1. The monoisotopic (exact) mass is 377 g/mol. The van der Waals surface area contributed by atoms with Crippen LogP contribution in [0.5, 0.6) is 0 Å². The van der Waals surface area contributed by atoms with Crippen molar-refractivity contribution in [2.45, 2.75) is 45.3 Å². The summed E-state index contributed by atoms with van der Waals surface area (Å²) in [5, 5.41) is 4.04. The van der Waals surface area contributed by atoms with E-state index in [0.29, 0.717) is 19.5 Å². The molecular weight excluding hydrogens is 352 g/mol. The van der Waals surface area contributed by atoms with E-state index in [1.807, 2.05) is 39.9 Å². The second-order valence-electron chi connectivity index (χ2n) is 5.99. The predicted molar refractivity (Wildman–Crippen MR) is 104 cm³/mol. The van der Waals surface area contributed by atoms with Crippen LogP contribution in [0.25, 0.3) is 0 Å². The van der Waals surface area contributed by atoms with E-state index in [1.54, 1.807) is 34.6 Å². The highest BCUT2D eigenvalue weighted by molar-refractivity contribution is 7.10. The Bertz CT molecular complexity index is 617. The first kappa shape index (κ1) is 19.7. The molecule has 4 nitrogen and oxygen atoms in total. The molecule has 6 heteroatoms. The summed E-state index contributed by atoms with van der Waals surface area (Å²) in [6.45, 7) is 6.51. The Morgan fingerprint density at radius 3 is 2.08 bits per heavy atom. The summed E-state index contributed by atoms with van der Waals surface area (Å²) in [6.07, 6.45) is 2.22. The summed E-state index contributed by atoms with van der Waals surface area (Å²) in [5.41, 5.74) is 0. The van der Waals surface area contributed by atoms with Crippen molar-refractivity contribution in [2.75, 3.05) is 7.05 Å². The normalized spacial score (nSPS) is 12.0. The molecule has 0 unspecified atom stereocenters. The van der Waals surface area contributed by atoms with Gasteiger partial charge in [0.2, 0.25) is 11.8 Å². The van der Waals surface area contributed by atoms with Crippen LogP contribution < -0.4 is 0 Å². The standard InChI is InChI=1S/C19H25N2O2S2/c1-4-5-10-18(20(3)15(2)22)19(23)21(13-16-8-6-11-24-16)14-17-9-7-12-25-17/h6-9,11-12,18H,1,4-5,10,13-14H2,2-3H3/t18-/m0/s1. The molecule has 0 spiro atoms. The van der Waals surface area contributed by atoms with Gasteiger partial charge < -0.3 is 9.80 Å². The predicted octanol–water partition coefficient (Wildman–Crippen LogP) is 4.19. The van der Waals surface area contributed by atoms with E-state index < -0.39 is 6.04 Å². The van der Waals surface area contributed by atoms with E-state index in [2.05, 4.69) is 6.92 Å². The number of rotatable bonds is 9. The molecule has 0 aliphatic carbocycles. The summed E-state index contributed by atoms with van der Waals surface area (Å²) in [6, 6.07) is 7.64. The quantitative estimate of drug-likeness (QED) is 0.657. The molecule has 0 aliphatic heterocycles. The van der Waals surface area contributed by atoms with Gasteiger partial charge in [0.05, 0.1) is 13.1 Å². The van der Waals surface area contributed by atoms with E-state index in [-0.39, 0.29) is 11.8 Å². The summed E-state index contributed by atoms with van der Waals surface area (Å²) in [5.74, 6) is -0.0810. The van der Waals surface area contributed by atoms with Crippen molar-refractivity contribution < 1.29 is 9.59 Å². The van der Waals surface area contributed by atoms with E-state index in [4.69, 9.17) is 0 Å². The zero-order valence-electron chi connectivity index (χ0n) is 14.8. The number of hydrogen-bond donors (Lipinski definition) is 0. The van der Waals surface area contributed by atoms with Crippen molar-refractivity contribution in [2.24, 2.45) is 0 Å². The van der Waals surface area contributed by atoms with Crippen LogP contribution in [0.1, 0.15) is 35.9 Å². The molecule has 0 saturated heterocycles. The Kier molecular flexibility index (Phi) is 7.65. The van der Waals surface area contributed by atoms with Gasteiger partial charge in [0.1, 0.15) is 6.04 Å².